The van der Waals surface area contributed by atoms with Gasteiger partial charge in [0.1, 0.15) is 0 Å². The Kier molecular flexibility index (Phi) is 4.96. The molecule has 8 nitrogen and oxygen atoms in total. The summed E-state index contributed by atoms with van der Waals surface area (Å²) in [5.41, 5.74) is 1.50. The average Bonchev–Trinajstić information content (AvgIpc) is 3.16. The molecule has 146 valence electrons. The molecule has 0 fully saturated rings. The van der Waals surface area contributed by atoms with E-state index in [1.54, 1.807) is 34.7 Å². The van der Waals surface area contributed by atoms with Gasteiger partial charge in [-0.15, -0.1) is 10.2 Å². The van der Waals surface area contributed by atoms with Gasteiger partial charge in [0.25, 0.3) is 15.9 Å². The molecule has 2 N–H and O–H groups in total. The van der Waals surface area contributed by atoms with Gasteiger partial charge in [0.05, 0.1) is 11.4 Å². The highest BCUT2D eigenvalue weighted by molar-refractivity contribution is 7.92. The molecule has 0 radical (unpaired) electrons. The summed E-state index contributed by atoms with van der Waals surface area (Å²) in [6.45, 7) is 0.194. The van der Waals surface area contributed by atoms with Crippen molar-refractivity contribution in [1.29, 1.82) is 0 Å². The summed E-state index contributed by atoms with van der Waals surface area (Å²) in [4.78, 5) is 12.5. The largest absolute Gasteiger partial charge is 0.345 e. The van der Waals surface area contributed by atoms with Crippen LogP contribution in [0.5, 0.6) is 0 Å². The predicted molar refractivity (Wildman–Crippen MR) is 108 cm³/mol. The van der Waals surface area contributed by atoms with E-state index in [1.165, 1.54) is 24.3 Å². The van der Waals surface area contributed by atoms with E-state index in [0.29, 0.717) is 22.7 Å². The van der Waals surface area contributed by atoms with Crippen LogP contribution in [0.2, 0.25) is 0 Å². The Labute approximate surface area is 167 Å². The Morgan fingerprint density at radius 2 is 1.62 bits per heavy atom. The van der Waals surface area contributed by atoms with Gasteiger partial charge in [-0.1, -0.05) is 24.3 Å². The number of sulfonamides is 1. The summed E-state index contributed by atoms with van der Waals surface area (Å²) in [6.07, 6.45) is 1.82. The van der Waals surface area contributed by atoms with Crippen molar-refractivity contribution in [2.24, 2.45) is 0 Å². The number of anilines is 1. The zero-order valence-electron chi connectivity index (χ0n) is 15.2. The molecule has 4 rings (SSSR count). The molecule has 1 amide bonds. The molecule has 0 bridgehead atoms. The predicted octanol–water partition coefficient (Wildman–Crippen LogP) is 2.46. The Balaban J connectivity index is 1.44. The van der Waals surface area contributed by atoms with Crippen LogP contribution < -0.4 is 10.0 Å². The van der Waals surface area contributed by atoms with Gasteiger partial charge in [-0.25, -0.2) is 8.42 Å². The van der Waals surface area contributed by atoms with E-state index in [4.69, 9.17) is 0 Å². The van der Waals surface area contributed by atoms with Gasteiger partial charge in [0.2, 0.25) is 0 Å². The van der Waals surface area contributed by atoms with E-state index in [9.17, 15) is 13.2 Å². The van der Waals surface area contributed by atoms with Crippen LogP contribution in [0.1, 0.15) is 16.2 Å². The summed E-state index contributed by atoms with van der Waals surface area (Å²) in [5, 5.41) is 10.9. The first kappa shape index (κ1) is 18.6. The minimum absolute atomic E-state index is 0.0707. The molecule has 0 spiro atoms. The molecule has 0 saturated carbocycles. The minimum atomic E-state index is -3.73. The van der Waals surface area contributed by atoms with Gasteiger partial charge in [-0.05, 0) is 48.5 Å². The van der Waals surface area contributed by atoms with Gasteiger partial charge in [0.15, 0.2) is 11.5 Å². The summed E-state index contributed by atoms with van der Waals surface area (Å²) < 4.78 is 29.2. The van der Waals surface area contributed by atoms with Gasteiger partial charge in [-0.2, -0.15) is 0 Å². The van der Waals surface area contributed by atoms with E-state index in [2.05, 4.69) is 20.2 Å². The smallest absolute Gasteiger partial charge is 0.261 e. The Morgan fingerprint density at radius 3 is 2.38 bits per heavy atom. The fourth-order valence-corrected chi connectivity index (χ4v) is 3.84. The van der Waals surface area contributed by atoms with Crippen LogP contribution >= 0.6 is 0 Å². The van der Waals surface area contributed by atoms with Crippen LogP contribution in [0.15, 0.2) is 83.9 Å². The molecule has 2 aromatic heterocycles. The van der Waals surface area contributed by atoms with Crippen molar-refractivity contribution in [3.8, 4) is 0 Å². The lowest BCUT2D eigenvalue weighted by atomic mass is 10.2. The second-order valence-electron chi connectivity index (χ2n) is 6.22. The van der Waals surface area contributed by atoms with Crippen molar-refractivity contribution in [3.63, 3.8) is 0 Å². The van der Waals surface area contributed by atoms with Crippen LogP contribution in [0, 0.1) is 0 Å². The van der Waals surface area contributed by atoms with Crippen molar-refractivity contribution in [1.82, 2.24) is 19.9 Å². The second-order valence-corrected chi connectivity index (χ2v) is 7.91. The van der Waals surface area contributed by atoms with Gasteiger partial charge >= 0.3 is 0 Å². The molecule has 4 aromatic rings. The number of nitrogens with one attached hydrogen (secondary N) is 2. The number of hydrogen-bond acceptors (Lipinski definition) is 5. The highest BCUT2D eigenvalue weighted by Gasteiger charge is 2.15. The molecule has 2 heterocycles. The SMILES string of the molecule is O=C(NCc1nnc2ccccn12)c1ccc(S(=O)(=O)Nc2ccccc2)cc1. The standard InChI is InChI=1S/C20H17N5O3S/c26-20(21-14-19-23-22-18-8-4-5-13-25(18)19)15-9-11-17(12-10-15)29(27,28)24-16-6-2-1-3-7-16/h1-13,24H,14H2,(H,21,26). The number of pyridine rings is 1. The molecular weight excluding hydrogens is 390 g/mol. The molecule has 0 aliphatic heterocycles. The molecule has 2 aromatic carbocycles. The highest BCUT2D eigenvalue weighted by Crippen LogP contribution is 2.16. The van der Waals surface area contributed by atoms with Crippen LogP contribution in [-0.2, 0) is 16.6 Å². The van der Waals surface area contributed by atoms with Crippen molar-refractivity contribution >= 4 is 27.3 Å². The summed E-state index contributed by atoms with van der Waals surface area (Å²) in [7, 11) is -3.73. The molecule has 0 aliphatic carbocycles. The number of carbonyl (C=O) groups is 1. The molecule has 0 atom stereocenters. The summed E-state index contributed by atoms with van der Waals surface area (Å²) >= 11 is 0. The highest BCUT2D eigenvalue weighted by atomic mass is 32.2. The fraction of sp³-hybridized carbons (Fsp3) is 0.0500. The van der Waals surface area contributed by atoms with E-state index in [1.807, 2.05) is 24.4 Å². The number of rotatable bonds is 6. The van der Waals surface area contributed by atoms with Crippen LogP contribution in [-0.4, -0.2) is 28.9 Å². The Hall–Kier alpha value is -3.72. The monoisotopic (exact) mass is 407 g/mol. The summed E-state index contributed by atoms with van der Waals surface area (Å²) in [6, 6.07) is 19.9. The van der Waals surface area contributed by atoms with Crippen molar-refractivity contribution in [2.75, 3.05) is 4.72 Å². The molecule has 9 heteroatoms. The van der Waals surface area contributed by atoms with Crippen molar-refractivity contribution in [2.45, 2.75) is 11.4 Å². The third-order valence-corrected chi connectivity index (χ3v) is 5.64. The maximum atomic E-state index is 12.5. The van der Waals surface area contributed by atoms with Gasteiger partial charge < -0.3 is 5.32 Å². The zero-order valence-corrected chi connectivity index (χ0v) is 16.0. The molecular formula is C20H17N5O3S. The molecule has 29 heavy (non-hydrogen) atoms. The van der Waals surface area contributed by atoms with Gasteiger partial charge in [0, 0.05) is 17.4 Å². The third-order valence-electron chi connectivity index (χ3n) is 4.24. The fourth-order valence-electron chi connectivity index (χ4n) is 2.78. The first-order chi connectivity index (χ1) is 14.0. The first-order valence-corrected chi connectivity index (χ1v) is 10.3. The Bertz CT molecular complexity index is 1250. The van der Waals surface area contributed by atoms with Gasteiger partial charge in [-0.3, -0.25) is 13.9 Å². The quantitative estimate of drug-likeness (QED) is 0.511. The number of benzene rings is 2. The molecule has 0 aliphatic rings. The van der Waals surface area contributed by atoms with Crippen molar-refractivity contribution < 1.29 is 13.2 Å². The lowest BCUT2D eigenvalue weighted by Gasteiger charge is -2.09. The lowest BCUT2D eigenvalue weighted by Crippen LogP contribution is -2.24. The molecule has 0 unspecified atom stereocenters. The van der Waals surface area contributed by atoms with Crippen LogP contribution in [0.25, 0.3) is 5.65 Å². The number of fused-ring (bicyclic) bond motifs is 1. The van der Waals surface area contributed by atoms with E-state index in [-0.39, 0.29) is 17.3 Å². The number of nitrogens with zero attached hydrogens (tertiary/aromatic N) is 3. The Morgan fingerprint density at radius 1 is 0.897 bits per heavy atom. The molecule has 0 saturated heterocycles. The number of para-hydroxylation sites is 1. The minimum Gasteiger partial charge on any atom is -0.345 e. The summed E-state index contributed by atoms with van der Waals surface area (Å²) in [5.74, 6) is 0.262. The lowest BCUT2D eigenvalue weighted by molar-refractivity contribution is 0.0949. The number of aromatic nitrogens is 3. The van der Waals surface area contributed by atoms with E-state index >= 15 is 0 Å². The third kappa shape index (κ3) is 4.09. The number of amides is 1. The number of carbonyl (C=O) groups excluding carboxylic acids is 1. The first-order valence-electron chi connectivity index (χ1n) is 8.78. The normalized spacial score (nSPS) is 11.3. The van der Waals surface area contributed by atoms with Crippen LogP contribution in [0.3, 0.4) is 0 Å². The van der Waals surface area contributed by atoms with E-state index < -0.39 is 10.0 Å². The topological polar surface area (TPSA) is 105 Å². The van der Waals surface area contributed by atoms with Crippen molar-refractivity contribution in [3.05, 3.63) is 90.4 Å². The van der Waals surface area contributed by atoms with E-state index in [0.717, 1.165) is 0 Å². The zero-order chi connectivity index (χ0) is 20.3. The maximum Gasteiger partial charge on any atom is 0.261 e. The number of hydrogen-bond donors (Lipinski definition) is 2. The average molecular weight is 407 g/mol. The maximum absolute atomic E-state index is 12.5. The van der Waals surface area contributed by atoms with Crippen LogP contribution in [0.4, 0.5) is 5.69 Å². The second kappa shape index (κ2) is 7.72.